The average Bonchev–Trinajstić information content (AvgIpc) is 3.13. The molecular weight excluding hydrogens is 415 g/mol. The summed E-state index contributed by atoms with van der Waals surface area (Å²) in [7, 11) is 2.17. The topological polar surface area (TPSA) is 109 Å². The van der Waals surface area contributed by atoms with Crippen LogP contribution in [0.1, 0.15) is 30.1 Å². The number of carbonyl (C=O) groups is 2. The zero-order valence-corrected chi connectivity index (χ0v) is 17.7. The first-order valence-electron chi connectivity index (χ1n) is 10.2. The zero-order valence-electron chi connectivity index (χ0n) is 17.7. The molecule has 2 aromatic heterocycles. The van der Waals surface area contributed by atoms with E-state index in [2.05, 4.69) is 21.5 Å². The van der Waals surface area contributed by atoms with Gasteiger partial charge in [0.15, 0.2) is 5.65 Å². The number of nitrogens with zero attached hydrogens (tertiary/aromatic N) is 4. The predicted molar refractivity (Wildman–Crippen MR) is 117 cm³/mol. The van der Waals surface area contributed by atoms with Crippen molar-refractivity contribution in [3.05, 3.63) is 72.0 Å². The number of likely N-dealkylation sites (tertiary alicyclic amines) is 1. The van der Waals surface area contributed by atoms with Crippen LogP contribution < -0.4 is 0 Å². The van der Waals surface area contributed by atoms with Crippen molar-refractivity contribution in [2.45, 2.75) is 25.3 Å². The number of rotatable bonds is 5. The monoisotopic (exact) mass is 440 g/mol. The Bertz CT molecular complexity index is 1090. The molecule has 2 N–H and O–H groups in total. The molecule has 0 amide bonds. The smallest absolute Gasteiger partial charge is 0.328 e. The number of fused-ring (bicyclic) bond motifs is 1. The van der Waals surface area contributed by atoms with Gasteiger partial charge in [0.25, 0.3) is 0 Å². The Morgan fingerprint density at radius 2 is 1.72 bits per heavy atom. The largest absolute Gasteiger partial charge is 0.478 e. The van der Waals surface area contributed by atoms with Gasteiger partial charge < -0.3 is 19.7 Å². The van der Waals surface area contributed by atoms with E-state index in [1.165, 1.54) is 12.1 Å². The Kier molecular flexibility index (Phi) is 7.67. The Labute approximate surface area is 184 Å². The molecule has 1 aliphatic rings. The van der Waals surface area contributed by atoms with Gasteiger partial charge in [0.05, 0.1) is 6.54 Å². The van der Waals surface area contributed by atoms with Crippen LogP contribution in [0, 0.1) is 5.82 Å². The molecule has 0 atom stereocenters. The van der Waals surface area contributed by atoms with Gasteiger partial charge in [-0.2, -0.15) is 0 Å². The van der Waals surface area contributed by atoms with E-state index in [-0.39, 0.29) is 5.82 Å². The number of aliphatic carboxylic acids is 2. The van der Waals surface area contributed by atoms with Crippen molar-refractivity contribution >= 4 is 23.1 Å². The Morgan fingerprint density at radius 1 is 1.09 bits per heavy atom. The molecule has 0 bridgehead atoms. The van der Waals surface area contributed by atoms with E-state index in [1.807, 2.05) is 30.5 Å². The van der Waals surface area contributed by atoms with Crippen LogP contribution >= 0.6 is 0 Å². The van der Waals surface area contributed by atoms with Crippen LogP contribution in [0.2, 0.25) is 0 Å². The van der Waals surface area contributed by atoms with Gasteiger partial charge in [-0.05, 0) is 62.8 Å². The molecule has 0 radical (unpaired) electrons. The Hall–Kier alpha value is -3.59. The van der Waals surface area contributed by atoms with Crippen LogP contribution in [0.4, 0.5) is 4.39 Å². The minimum atomic E-state index is -1.26. The number of pyridine rings is 1. The third kappa shape index (κ3) is 6.21. The molecule has 1 saturated heterocycles. The number of piperidine rings is 1. The number of hydrogen-bond acceptors (Lipinski definition) is 5. The van der Waals surface area contributed by atoms with E-state index < -0.39 is 11.9 Å². The fraction of sp³-hybridized carbons (Fsp3) is 0.304. The number of benzene rings is 1. The van der Waals surface area contributed by atoms with Gasteiger partial charge in [0.1, 0.15) is 17.2 Å². The average molecular weight is 440 g/mol. The third-order valence-corrected chi connectivity index (χ3v) is 5.24. The lowest BCUT2D eigenvalue weighted by Gasteiger charge is -2.28. The lowest BCUT2D eigenvalue weighted by atomic mass is 9.96. The summed E-state index contributed by atoms with van der Waals surface area (Å²) in [5.74, 6) is -1.15. The summed E-state index contributed by atoms with van der Waals surface area (Å²) >= 11 is 0. The third-order valence-electron chi connectivity index (χ3n) is 5.24. The van der Waals surface area contributed by atoms with Gasteiger partial charge in [-0.1, -0.05) is 12.1 Å². The van der Waals surface area contributed by atoms with E-state index in [0.717, 1.165) is 48.5 Å². The Balaban J connectivity index is 0.000000312. The van der Waals surface area contributed by atoms with E-state index >= 15 is 0 Å². The van der Waals surface area contributed by atoms with Gasteiger partial charge in [-0.3, -0.25) is 0 Å². The summed E-state index contributed by atoms with van der Waals surface area (Å²) in [5, 5.41) is 15.6. The van der Waals surface area contributed by atoms with Crippen molar-refractivity contribution in [3.63, 3.8) is 0 Å². The maximum atomic E-state index is 13.2. The van der Waals surface area contributed by atoms with Crippen LogP contribution in [0.25, 0.3) is 11.2 Å². The SMILES string of the molecule is CN1CCC(c2nc3cccnc3n2Cc2ccc(F)cc2)CC1.O=C(O)/C=C/C(=O)O. The summed E-state index contributed by atoms with van der Waals surface area (Å²) in [6, 6.07) is 10.6. The molecule has 1 fully saturated rings. The molecule has 3 heterocycles. The van der Waals surface area contributed by atoms with Crippen LogP contribution in [0.3, 0.4) is 0 Å². The number of halogens is 1. The highest BCUT2D eigenvalue weighted by molar-refractivity contribution is 5.89. The van der Waals surface area contributed by atoms with Gasteiger partial charge in [0.2, 0.25) is 0 Å². The van der Waals surface area contributed by atoms with Gasteiger partial charge in [-0.15, -0.1) is 0 Å². The normalized spacial score (nSPS) is 14.9. The van der Waals surface area contributed by atoms with Crippen molar-refractivity contribution in [1.82, 2.24) is 19.4 Å². The summed E-state index contributed by atoms with van der Waals surface area (Å²) in [6.45, 7) is 2.87. The molecule has 0 saturated carbocycles. The zero-order chi connectivity index (χ0) is 23.1. The number of hydrogen-bond donors (Lipinski definition) is 2. The molecule has 3 aromatic rings. The molecule has 9 heteroatoms. The summed E-state index contributed by atoms with van der Waals surface area (Å²) in [6.07, 6.45) is 5.15. The number of carboxylic acids is 2. The van der Waals surface area contributed by atoms with Gasteiger partial charge in [0, 0.05) is 24.3 Å². The first kappa shape index (κ1) is 23.1. The van der Waals surface area contributed by atoms with E-state index in [4.69, 9.17) is 15.2 Å². The van der Waals surface area contributed by atoms with E-state index in [1.54, 1.807) is 0 Å². The lowest BCUT2D eigenvalue weighted by molar-refractivity contribution is -0.134. The summed E-state index contributed by atoms with van der Waals surface area (Å²) in [5.41, 5.74) is 2.92. The number of imidazole rings is 1. The maximum absolute atomic E-state index is 13.2. The molecule has 1 aliphatic heterocycles. The molecule has 0 spiro atoms. The van der Waals surface area contributed by atoms with Crippen LogP contribution in [-0.4, -0.2) is 61.7 Å². The van der Waals surface area contributed by atoms with E-state index in [9.17, 15) is 14.0 Å². The molecule has 0 aliphatic carbocycles. The highest BCUT2D eigenvalue weighted by Gasteiger charge is 2.24. The minimum absolute atomic E-state index is 0.206. The fourth-order valence-corrected chi connectivity index (χ4v) is 3.63. The molecule has 1 aromatic carbocycles. The quantitative estimate of drug-likeness (QED) is 0.587. The molecule has 8 nitrogen and oxygen atoms in total. The standard InChI is InChI=1S/C19H21FN4.C4H4O4/c1-23-11-8-15(9-12-23)18-22-17-3-2-10-21-19(17)24(18)13-14-4-6-16(20)7-5-14;5-3(6)1-2-4(7)8/h2-7,10,15H,8-9,11-13H2,1H3;1-2H,(H,5,6)(H,7,8)/b;2-1+. The van der Waals surface area contributed by atoms with Gasteiger partial charge in [-0.25, -0.2) is 23.9 Å². The Morgan fingerprint density at radius 3 is 2.31 bits per heavy atom. The fourth-order valence-electron chi connectivity index (χ4n) is 3.63. The first-order chi connectivity index (χ1) is 15.3. The van der Waals surface area contributed by atoms with Crippen molar-refractivity contribution in [2.75, 3.05) is 20.1 Å². The summed E-state index contributed by atoms with van der Waals surface area (Å²) in [4.78, 5) is 30.9. The first-order valence-corrected chi connectivity index (χ1v) is 10.2. The van der Waals surface area contributed by atoms with Crippen molar-refractivity contribution in [1.29, 1.82) is 0 Å². The lowest BCUT2D eigenvalue weighted by Crippen LogP contribution is -2.30. The molecule has 32 heavy (non-hydrogen) atoms. The number of carboxylic acid groups (broad SMARTS) is 2. The highest BCUT2D eigenvalue weighted by atomic mass is 19.1. The maximum Gasteiger partial charge on any atom is 0.328 e. The van der Waals surface area contributed by atoms with Crippen molar-refractivity contribution in [2.24, 2.45) is 0 Å². The van der Waals surface area contributed by atoms with Crippen LogP contribution in [0.5, 0.6) is 0 Å². The molecular formula is C23H25FN4O4. The predicted octanol–water partition coefficient (Wildman–Crippen LogP) is 3.14. The highest BCUT2D eigenvalue weighted by Crippen LogP contribution is 2.29. The number of aromatic nitrogens is 3. The molecule has 0 unspecified atom stereocenters. The second-order valence-corrected chi connectivity index (χ2v) is 7.62. The second-order valence-electron chi connectivity index (χ2n) is 7.62. The van der Waals surface area contributed by atoms with Crippen LogP contribution in [-0.2, 0) is 16.1 Å². The molecule has 4 rings (SSSR count). The van der Waals surface area contributed by atoms with E-state index in [0.29, 0.717) is 24.6 Å². The van der Waals surface area contributed by atoms with Crippen molar-refractivity contribution < 1.29 is 24.2 Å². The summed E-state index contributed by atoms with van der Waals surface area (Å²) < 4.78 is 15.4. The van der Waals surface area contributed by atoms with Crippen molar-refractivity contribution in [3.8, 4) is 0 Å². The van der Waals surface area contributed by atoms with Gasteiger partial charge >= 0.3 is 11.9 Å². The van der Waals surface area contributed by atoms with Crippen LogP contribution in [0.15, 0.2) is 54.7 Å². The molecule has 168 valence electrons. The minimum Gasteiger partial charge on any atom is -0.478 e. The second kappa shape index (κ2) is 10.6.